The first-order valence-electron chi connectivity index (χ1n) is 5.91. The van der Waals surface area contributed by atoms with E-state index in [-0.39, 0.29) is 23.5 Å². The van der Waals surface area contributed by atoms with E-state index < -0.39 is 24.0 Å². The monoisotopic (exact) mass is 301 g/mol. The SMILES string of the molecule is Oc1ccc(F)cc1CNc1ccc(OC(F)F)c(F)c1. The van der Waals surface area contributed by atoms with Gasteiger partial charge in [0.15, 0.2) is 11.6 Å². The summed E-state index contributed by atoms with van der Waals surface area (Å²) >= 11 is 0. The fourth-order valence-corrected chi connectivity index (χ4v) is 1.70. The maximum Gasteiger partial charge on any atom is 0.387 e. The highest BCUT2D eigenvalue weighted by atomic mass is 19.3. The molecule has 0 atom stereocenters. The van der Waals surface area contributed by atoms with Crippen LogP contribution in [-0.4, -0.2) is 11.7 Å². The molecule has 0 aliphatic heterocycles. The molecule has 3 nitrogen and oxygen atoms in total. The number of halogens is 4. The number of alkyl halides is 2. The quantitative estimate of drug-likeness (QED) is 0.823. The summed E-state index contributed by atoms with van der Waals surface area (Å²) in [6.45, 7) is -3.07. The molecular formula is C14H11F4NO2. The van der Waals surface area contributed by atoms with E-state index in [1.165, 1.54) is 12.1 Å². The Morgan fingerprint density at radius 2 is 1.86 bits per heavy atom. The number of hydrogen-bond donors (Lipinski definition) is 2. The molecule has 0 saturated carbocycles. The minimum atomic E-state index is -3.11. The van der Waals surface area contributed by atoms with Gasteiger partial charge in [-0.05, 0) is 30.3 Å². The molecule has 2 N–H and O–H groups in total. The van der Waals surface area contributed by atoms with Crippen LogP contribution in [0.25, 0.3) is 0 Å². The Hall–Kier alpha value is -2.44. The Kier molecular flexibility index (Phi) is 4.52. The fourth-order valence-electron chi connectivity index (χ4n) is 1.70. The summed E-state index contributed by atoms with van der Waals surface area (Å²) in [5.74, 6) is -2.15. The summed E-state index contributed by atoms with van der Waals surface area (Å²) in [4.78, 5) is 0. The molecular weight excluding hydrogens is 290 g/mol. The largest absolute Gasteiger partial charge is 0.508 e. The second-order valence-electron chi connectivity index (χ2n) is 4.15. The lowest BCUT2D eigenvalue weighted by Crippen LogP contribution is -2.05. The highest BCUT2D eigenvalue weighted by molar-refractivity contribution is 5.48. The van der Waals surface area contributed by atoms with Crippen molar-refractivity contribution in [2.24, 2.45) is 0 Å². The van der Waals surface area contributed by atoms with Crippen LogP contribution in [0, 0.1) is 11.6 Å². The third kappa shape index (κ3) is 4.01. The Labute approximate surface area is 117 Å². The summed E-state index contributed by atoms with van der Waals surface area (Å²) in [7, 11) is 0. The Balaban J connectivity index is 2.07. The van der Waals surface area contributed by atoms with E-state index in [1.54, 1.807) is 0 Å². The molecule has 0 unspecified atom stereocenters. The number of benzene rings is 2. The van der Waals surface area contributed by atoms with Gasteiger partial charge < -0.3 is 15.2 Å². The number of hydrogen-bond acceptors (Lipinski definition) is 3. The normalized spacial score (nSPS) is 10.7. The van der Waals surface area contributed by atoms with E-state index in [0.717, 1.165) is 24.3 Å². The summed E-state index contributed by atoms with van der Waals surface area (Å²) in [6, 6.07) is 6.79. The first-order chi connectivity index (χ1) is 9.95. The van der Waals surface area contributed by atoms with Gasteiger partial charge in [-0.3, -0.25) is 0 Å². The van der Waals surface area contributed by atoms with Crippen LogP contribution in [0.5, 0.6) is 11.5 Å². The van der Waals surface area contributed by atoms with E-state index in [9.17, 15) is 22.7 Å². The number of aromatic hydroxyl groups is 1. The number of phenols is 1. The molecule has 2 aromatic rings. The zero-order valence-electron chi connectivity index (χ0n) is 10.6. The summed E-state index contributed by atoms with van der Waals surface area (Å²) in [6.07, 6.45) is 0. The maximum atomic E-state index is 13.5. The molecule has 2 rings (SSSR count). The number of ether oxygens (including phenoxy) is 1. The maximum absolute atomic E-state index is 13.5. The van der Waals surface area contributed by atoms with Crippen LogP contribution in [0.4, 0.5) is 23.2 Å². The highest BCUT2D eigenvalue weighted by Gasteiger charge is 2.10. The molecule has 0 aliphatic carbocycles. The third-order valence-corrected chi connectivity index (χ3v) is 2.67. The van der Waals surface area contributed by atoms with Crippen LogP contribution < -0.4 is 10.1 Å². The molecule has 21 heavy (non-hydrogen) atoms. The average molecular weight is 301 g/mol. The summed E-state index contributed by atoms with van der Waals surface area (Å²) in [5.41, 5.74) is 0.557. The molecule has 0 radical (unpaired) electrons. The number of rotatable bonds is 5. The lowest BCUT2D eigenvalue weighted by molar-refractivity contribution is -0.0521. The first kappa shape index (κ1) is 15.0. The molecule has 0 aromatic heterocycles. The van der Waals surface area contributed by atoms with Crippen LogP contribution in [0.1, 0.15) is 5.56 Å². The van der Waals surface area contributed by atoms with Crippen LogP contribution in [0.15, 0.2) is 36.4 Å². The minimum Gasteiger partial charge on any atom is -0.508 e. The molecule has 2 aromatic carbocycles. The van der Waals surface area contributed by atoms with E-state index in [4.69, 9.17) is 0 Å². The number of nitrogens with one attached hydrogen (secondary N) is 1. The minimum absolute atomic E-state index is 0.0398. The van der Waals surface area contributed by atoms with Crippen molar-refractivity contribution in [3.63, 3.8) is 0 Å². The van der Waals surface area contributed by atoms with Gasteiger partial charge in [0.2, 0.25) is 0 Å². The van der Waals surface area contributed by atoms with Crippen molar-refractivity contribution in [2.45, 2.75) is 13.2 Å². The van der Waals surface area contributed by atoms with E-state index in [2.05, 4.69) is 10.1 Å². The molecule has 0 heterocycles. The van der Waals surface area contributed by atoms with Crippen molar-refractivity contribution in [3.8, 4) is 11.5 Å². The van der Waals surface area contributed by atoms with E-state index in [0.29, 0.717) is 0 Å². The molecule has 0 bridgehead atoms. The zero-order valence-corrected chi connectivity index (χ0v) is 10.6. The molecule has 112 valence electrons. The van der Waals surface area contributed by atoms with Crippen LogP contribution in [-0.2, 0) is 6.54 Å². The van der Waals surface area contributed by atoms with Crippen molar-refractivity contribution in [2.75, 3.05) is 5.32 Å². The van der Waals surface area contributed by atoms with Gasteiger partial charge in [0.25, 0.3) is 0 Å². The highest BCUT2D eigenvalue weighted by Crippen LogP contribution is 2.24. The van der Waals surface area contributed by atoms with Crippen molar-refractivity contribution >= 4 is 5.69 Å². The lowest BCUT2D eigenvalue weighted by Gasteiger charge is -2.10. The van der Waals surface area contributed by atoms with E-state index >= 15 is 0 Å². The predicted octanol–water partition coefficient (Wildman–Crippen LogP) is 3.88. The molecule has 7 heteroatoms. The number of anilines is 1. The summed E-state index contributed by atoms with van der Waals surface area (Å²) < 4.78 is 54.4. The molecule has 0 saturated heterocycles. The van der Waals surface area contributed by atoms with Crippen molar-refractivity contribution in [1.82, 2.24) is 0 Å². The van der Waals surface area contributed by atoms with Gasteiger partial charge >= 0.3 is 6.61 Å². The van der Waals surface area contributed by atoms with Gasteiger partial charge in [-0.15, -0.1) is 0 Å². The van der Waals surface area contributed by atoms with Gasteiger partial charge in [0, 0.05) is 23.9 Å². The van der Waals surface area contributed by atoms with Gasteiger partial charge in [-0.1, -0.05) is 0 Å². The van der Waals surface area contributed by atoms with E-state index in [1.807, 2.05) is 0 Å². The van der Waals surface area contributed by atoms with Gasteiger partial charge in [0.1, 0.15) is 11.6 Å². The second kappa shape index (κ2) is 6.34. The van der Waals surface area contributed by atoms with Crippen LogP contribution in [0.2, 0.25) is 0 Å². The van der Waals surface area contributed by atoms with Crippen molar-refractivity contribution < 1.29 is 27.4 Å². The third-order valence-electron chi connectivity index (χ3n) is 2.67. The molecule has 0 aliphatic rings. The topological polar surface area (TPSA) is 41.5 Å². The second-order valence-corrected chi connectivity index (χ2v) is 4.15. The van der Waals surface area contributed by atoms with Gasteiger partial charge in [-0.2, -0.15) is 8.78 Å². The fraction of sp³-hybridized carbons (Fsp3) is 0.143. The molecule has 0 fully saturated rings. The number of phenolic OH excluding ortho intramolecular Hbond substituents is 1. The molecule has 0 amide bonds. The molecule has 0 spiro atoms. The van der Waals surface area contributed by atoms with Crippen molar-refractivity contribution in [3.05, 3.63) is 53.6 Å². The standard InChI is InChI=1S/C14H11F4NO2/c15-9-1-3-12(20)8(5-9)7-19-10-2-4-13(11(16)6-10)21-14(17)18/h1-6,14,19-20H,7H2. The first-order valence-corrected chi connectivity index (χ1v) is 5.91. The Bertz CT molecular complexity index is 634. The zero-order chi connectivity index (χ0) is 15.4. The van der Waals surface area contributed by atoms with Gasteiger partial charge in [-0.25, -0.2) is 8.78 Å². The summed E-state index contributed by atoms with van der Waals surface area (Å²) in [5, 5.41) is 12.3. The Morgan fingerprint density at radius 1 is 1.10 bits per heavy atom. The lowest BCUT2D eigenvalue weighted by atomic mass is 10.2. The van der Waals surface area contributed by atoms with Crippen LogP contribution in [0.3, 0.4) is 0 Å². The Morgan fingerprint density at radius 3 is 2.52 bits per heavy atom. The van der Waals surface area contributed by atoms with Crippen LogP contribution >= 0.6 is 0 Å². The van der Waals surface area contributed by atoms with Crippen molar-refractivity contribution in [1.29, 1.82) is 0 Å². The predicted molar refractivity (Wildman–Crippen MR) is 68.4 cm³/mol. The van der Waals surface area contributed by atoms with Gasteiger partial charge in [0.05, 0.1) is 0 Å². The smallest absolute Gasteiger partial charge is 0.387 e. The average Bonchev–Trinajstić information content (AvgIpc) is 2.42.